The van der Waals surface area contributed by atoms with E-state index in [1.165, 1.54) is 17.0 Å². The van der Waals surface area contributed by atoms with E-state index in [0.717, 1.165) is 31.8 Å². The fourth-order valence-corrected chi connectivity index (χ4v) is 5.77. The summed E-state index contributed by atoms with van der Waals surface area (Å²) < 4.78 is 1.72. The van der Waals surface area contributed by atoms with E-state index in [-0.39, 0.29) is 30.3 Å². The third-order valence-corrected chi connectivity index (χ3v) is 7.68. The molecule has 0 spiro atoms. The largest absolute Gasteiger partial charge is 0.368 e. The van der Waals surface area contributed by atoms with Gasteiger partial charge in [-0.15, -0.1) is 11.3 Å². The highest BCUT2D eigenvalue weighted by Gasteiger charge is 2.24. The highest BCUT2D eigenvalue weighted by atomic mass is 32.1. The summed E-state index contributed by atoms with van der Waals surface area (Å²) >= 11 is 1.26. The van der Waals surface area contributed by atoms with Crippen LogP contribution in [-0.2, 0) is 17.8 Å². The molecule has 2 amide bonds. The first-order valence-electron chi connectivity index (χ1n) is 11.4. The van der Waals surface area contributed by atoms with Gasteiger partial charge in [0, 0.05) is 57.8 Å². The summed E-state index contributed by atoms with van der Waals surface area (Å²) in [6, 6.07) is 10.2. The van der Waals surface area contributed by atoms with Crippen LogP contribution in [0.1, 0.15) is 33.9 Å². The van der Waals surface area contributed by atoms with Gasteiger partial charge in [0.25, 0.3) is 11.5 Å². The van der Waals surface area contributed by atoms with E-state index in [0.29, 0.717) is 40.3 Å². The van der Waals surface area contributed by atoms with Gasteiger partial charge in [0.05, 0.1) is 10.3 Å². The van der Waals surface area contributed by atoms with E-state index < -0.39 is 0 Å². The van der Waals surface area contributed by atoms with Crippen molar-refractivity contribution in [2.45, 2.75) is 32.7 Å². The Morgan fingerprint density at radius 1 is 1.09 bits per heavy atom. The monoisotopic (exact) mass is 465 g/mol. The number of para-hydroxylation sites is 1. The van der Waals surface area contributed by atoms with Crippen molar-refractivity contribution in [1.82, 2.24) is 19.8 Å². The number of carbonyl (C=O) groups excluding carboxylic acids is 2. The minimum atomic E-state index is -0.248. The predicted octanol–water partition coefficient (Wildman–Crippen LogP) is 2.18. The minimum absolute atomic E-state index is 0.0485. The Kier molecular flexibility index (Phi) is 5.88. The van der Waals surface area contributed by atoms with Crippen molar-refractivity contribution < 1.29 is 9.59 Å². The Bertz CT molecular complexity index is 1260. The average Bonchev–Trinajstić information content (AvgIpc) is 3.44. The fraction of sp³-hybridized carbons (Fsp3) is 0.417. The van der Waals surface area contributed by atoms with E-state index >= 15 is 0 Å². The van der Waals surface area contributed by atoms with Gasteiger partial charge in [-0.05, 0) is 31.0 Å². The zero-order valence-corrected chi connectivity index (χ0v) is 19.5. The molecule has 0 saturated carbocycles. The number of thiophene rings is 1. The van der Waals surface area contributed by atoms with Crippen LogP contribution in [0.2, 0.25) is 0 Å². The number of nitrogens with one attached hydrogen (secondary N) is 1. The Morgan fingerprint density at radius 3 is 2.61 bits per heavy atom. The maximum atomic E-state index is 12.8. The number of hydrogen-bond acceptors (Lipinski definition) is 6. The van der Waals surface area contributed by atoms with Gasteiger partial charge >= 0.3 is 0 Å². The average molecular weight is 466 g/mol. The summed E-state index contributed by atoms with van der Waals surface area (Å²) in [5.41, 5.74) is 1.80. The quantitative estimate of drug-likeness (QED) is 0.624. The number of carbonyl (C=O) groups is 2. The zero-order valence-electron chi connectivity index (χ0n) is 18.7. The number of benzene rings is 1. The van der Waals surface area contributed by atoms with Crippen molar-refractivity contribution in [3.8, 4) is 0 Å². The van der Waals surface area contributed by atoms with E-state index in [4.69, 9.17) is 0 Å². The van der Waals surface area contributed by atoms with Gasteiger partial charge in [-0.25, -0.2) is 4.98 Å². The van der Waals surface area contributed by atoms with Crippen LogP contribution >= 0.6 is 11.3 Å². The van der Waals surface area contributed by atoms with Gasteiger partial charge in [-0.1, -0.05) is 18.2 Å². The zero-order chi connectivity index (χ0) is 22.9. The summed E-state index contributed by atoms with van der Waals surface area (Å²) in [6.07, 6.45) is 1.99. The summed E-state index contributed by atoms with van der Waals surface area (Å²) in [6.45, 7) is 5.72. The van der Waals surface area contributed by atoms with Crippen molar-refractivity contribution in [3.05, 3.63) is 57.0 Å². The normalized spacial score (nSPS) is 15.7. The molecule has 3 aromatic rings. The number of amides is 2. The van der Waals surface area contributed by atoms with E-state index in [1.807, 2.05) is 23.1 Å². The minimum Gasteiger partial charge on any atom is -0.368 e. The van der Waals surface area contributed by atoms with Gasteiger partial charge in [0.15, 0.2) is 0 Å². The molecule has 0 radical (unpaired) electrons. The van der Waals surface area contributed by atoms with Crippen LogP contribution in [0.5, 0.6) is 0 Å². The number of aryl methyl sites for hydroxylation is 2. The lowest BCUT2D eigenvalue weighted by molar-refractivity contribution is -0.131. The topological polar surface area (TPSA) is 87.5 Å². The van der Waals surface area contributed by atoms with Crippen LogP contribution in [-0.4, -0.2) is 59.0 Å². The smallest absolute Gasteiger partial charge is 0.262 e. The van der Waals surface area contributed by atoms with Gasteiger partial charge in [-0.2, -0.15) is 0 Å². The van der Waals surface area contributed by atoms with Crippen molar-refractivity contribution in [3.63, 3.8) is 0 Å². The van der Waals surface area contributed by atoms with Crippen LogP contribution < -0.4 is 15.8 Å². The number of aromatic nitrogens is 2. The Hall–Kier alpha value is -3.20. The van der Waals surface area contributed by atoms with Crippen molar-refractivity contribution in [2.24, 2.45) is 0 Å². The highest BCUT2D eigenvalue weighted by molar-refractivity contribution is 7.20. The molecule has 0 bridgehead atoms. The number of hydrogen-bond donors (Lipinski definition) is 1. The Labute approximate surface area is 195 Å². The van der Waals surface area contributed by atoms with Crippen LogP contribution in [0.3, 0.4) is 0 Å². The molecule has 5 rings (SSSR count). The van der Waals surface area contributed by atoms with Crippen LogP contribution in [0.25, 0.3) is 10.2 Å². The molecule has 0 aliphatic carbocycles. The van der Waals surface area contributed by atoms with Crippen molar-refractivity contribution in [2.75, 3.05) is 37.6 Å². The lowest BCUT2D eigenvalue weighted by Gasteiger charge is -2.36. The second-order valence-electron chi connectivity index (χ2n) is 8.53. The number of fused-ring (bicyclic) bond motifs is 2. The van der Waals surface area contributed by atoms with Gasteiger partial charge in [0.2, 0.25) is 5.91 Å². The molecule has 0 unspecified atom stereocenters. The molecule has 0 atom stereocenters. The molecule has 2 aromatic heterocycles. The second-order valence-corrected chi connectivity index (χ2v) is 9.53. The van der Waals surface area contributed by atoms with E-state index in [1.54, 1.807) is 11.5 Å². The summed E-state index contributed by atoms with van der Waals surface area (Å²) in [5.74, 6) is 0.604. The van der Waals surface area contributed by atoms with Gasteiger partial charge in [-0.3, -0.25) is 19.0 Å². The third kappa shape index (κ3) is 4.13. The third-order valence-electron chi connectivity index (χ3n) is 6.50. The maximum absolute atomic E-state index is 12.8. The molecule has 8 nitrogen and oxygen atoms in total. The molecule has 1 N–H and O–H groups in total. The van der Waals surface area contributed by atoms with Crippen molar-refractivity contribution >= 4 is 39.1 Å². The molecule has 9 heteroatoms. The van der Waals surface area contributed by atoms with Crippen molar-refractivity contribution in [1.29, 1.82) is 0 Å². The van der Waals surface area contributed by atoms with E-state index in [9.17, 15) is 14.4 Å². The van der Waals surface area contributed by atoms with Gasteiger partial charge < -0.3 is 15.1 Å². The molecule has 1 fully saturated rings. The molecule has 1 saturated heterocycles. The van der Waals surface area contributed by atoms with Crippen LogP contribution in [0.4, 0.5) is 5.69 Å². The lowest BCUT2D eigenvalue weighted by atomic mass is 10.2. The molecule has 4 heterocycles. The summed E-state index contributed by atoms with van der Waals surface area (Å²) in [7, 11) is 0. The number of anilines is 1. The Morgan fingerprint density at radius 2 is 1.85 bits per heavy atom. The predicted molar refractivity (Wildman–Crippen MR) is 129 cm³/mol. The first kappa shape index (κ1) is 21.6. The second kappa shape index (κ2) is 8.97. The SMILES string of the molecule is Cc1c(C(=O)NCCC(=O)N2CCN(c3ccccc3)CC2)sc2nc3n(c(=O)c12)CCC3. The molecule has 172 valence electrons. The van der Waals surface area contributed by atoms with E-state index in [2.05, 4.69) is 27.3 Å². The molecule has 2 aliphatic rings. The molecular formula is C24H27N5O3S. The molecule has 1 aromatic carbocycles. The van der Waals surface area contributed by atoms with Crippen LogP contribution in [0, 0.1) is 6.92 Å². The summed E-state index contributed by atoms with van der Waals surface area (Å²) in [4.78, 5) is 48.1. The lowest BCUT2D eigenvalue weighted by Crippen LogP contribution is -2.49. The standard InChI is InChI=1S/C24H27N5O3S/c1-16-20-23(26-18-8-5-11-29(18)24(20)32)33-21(16)22(31)25-10-9-19(30)28-14-12-27(13-15-28)17-6-3-2-4-7-17/h2-4,6-7H,5,8-15H2,1H3,(H,25,31). The summed E-state index contributed by atoms with van der Waals surface area (Å²) in [5, 5.41) is 3.40. The first-order chi connectivity index (χ1) is 16.0. The number of piperazine rings is 1. The number of nitrogens with zero attached hydrogens (tertiary/aromatic N) is 4. The molecule has 2 aliphatic heterocycles. The molecule has 33 heavy (non-hydrogen) atoms. The fourth-order valence-electron chi connectivity index (χ4n) is 4.67. The first-order valence-corrected chi connectivity index (χ1v) is 12.2. The Balaban J connectivity index is 1.16. The maximum Gasteiger partial charge on any atom is 0.262 e. The highest BCUT2D eigenvalue weighted by Crippen LogP contribution is 2.28. The molecular weight excluding hydrogens is 438 g/mol. The van der Waals surface area contributed by atoms with Gasteiger partial charge in [0.1, 0.15) is 10.7 Å². The van der Waals surface area contributed by atoms with Crippen LogP contribution in [0.15, 0.2) is 35.1 Å². The number of rotatable bonds is 5.